The van der Waals surface area contributed by atoms with Gasteiger partial charge in [0.15, 0.2) is 6.10 Å². The number of rotatable bonds is 9. The summed E-state index contributed by atoms with van der Waals surface area (Å²) < 4.78 is 39.9. The third-order valence-corrected chi connectivity index (χ3v) is 4.48. The quantitative estimate of drug-likeness (QED) is 0.663. The van der Waals surface area contributed by atoms with Crippen molar-refractivity contribution in [2.24, 2.45) is 0 Å². The van der Waals surface area contributed by atoms with Crippen LogP contribution in [0.2, 0.25) is 0 Å². The molecule has 2 aromatic rings. The van der Waals surface area contributed by atoms with E-state index in [2.05, 4.69) is 0 Å². The van der Waals surface area contributed by atoms with Gasteiger partial charge in [-0.15, -0.1) is 0 Å². The molecule has 1 N–H and O–H groups in total. The number of halogens is 3. The molecule has 142 valence electrons. The summed E-state index contributed by atoms with van der Waals surface area (Å²) in [6.07, 6.45) is -5.27. The Morgan fingerprint density at radius 3 is 1.73 bits per heavy atom. The molecule has 0 spiro atoms. The fourth-order valence-corrected chi connectivity index (χ4v) is 3.10. The molecule has 2 nitrogen and oxygen atoms in total. The number of hydrogen-bond acceptors (Lipinski definition) is 2. The first-order chi connectivity index (χ1) is 12.4. The summed E-state index contributed by atoms with van der Waals surface area (Å²) in [7, 11) is 0. The van der Waals surface area contributed by atoms with Gasteiger partial charge in [0.2, 0.25) is 0 Å². The van der Waals surface area contributed by atoms with Crippen LogP contribution in [-0.4, -0.2) is 28.3 Å². The molecule has 0 saturated carbocycles. The van der Waals surface area contributed by atoms with Crippen LogP contribution in [0.1, 0.15) is 37.3 Å². The van der Waals surface area contributed by atoms with E-state index in [1.54, 1.807) is 4.90 Å². The highest BCUT2D eigenvalue weighted by Gasteiger charge is 2.45. The Morgan fingerprint density at radius 2 is 1.35 bits per heavy atom. The van der Waals surface area contributed by atoms with E-state index in [4.69, 9.17) is 0 Å². The summed E-state index contributed by atoms with van der Waals surface area (Å²) in [5.41, 5.74) is 1.86. The smallest absolute Gasteiger partial charge is 0.382 e. The molecule has 0 aliphatic carbocycles. The number of aliphatic hydroxyl groups excluding tert-OH is 1. The minimum atomic E-state index is -4.63. The summed E-state index contributed by atoms with van der Waals surface area (Å²) in [6.45, 7) is 2.66. The van der Waals surface area contributed by atoms with Gasteiger partial charge in [-0.2, -0.15) is 13.2 Å². The van der Waals surface area contributed by atoms with Gasteiger partial charge < -0.3 is 5.11 Å². The first-order valence-corrected chi connectivity index (χ1v) is 8.98. The molecule has 5 heteroatoms. The minimum Gasteiger partial charge on any atom is -0.382 e. The molecule has 2 aromatic carbocycles. The number of hydrogen-bond donors (Lipinski definition) is 1. The summed E-state index contributed by atoms with van der Waals surface area (Å²) in [5.74, 6) is 0. The molecule has 0 saturated heterocycles. The second kappa shape index (κ2) is 9.74. The molecule has 0 unspecified atom stereocenters. The van der Waals surface area contributed by atoms with E-state index < -0.39 is 18.3 Å². The van der Waals surface area contributed by atoms with Gasteiger partial charge in [-0.3, -0.25) is 4.90 Å². The number of aliphatic hydroxyl groups is 1. The van der Waals surface area contributed by atoms with Crippen LogP contribution in [-0.2, 0) is 13.1 Å². The van der Waals surface area contributed by atoms with Gasteiger partial charge in [-0.05, 0) is 17.5 Å². The lowest BCUT2D eigenvalue weighted by molar-refractivity contribution is -0.224. The van der Waals surface area contributed by atoms with Crippen LogP contribution in [0.4, 0.5) is 13.2 Å². The van der Waals surface area contributed by atoms with Crippen LogP contribution in [0.15, 0.2) is 60.7 Å². The van der Waals surface area contributed by atoms with Gasteiger partial charge >= 0.3 is 6.18 Å². The van der Waals surface area contributed by atoms with Crippen molar-refractivity contribution in [2.45, 2.75) is 57.6 Å². The van der Waals surface area contributed by atoms with E-state index in [9.17, 15) is 18.3 Å². The van der Waals surface area contributed by atoms with Crippen LogP contribution in [0.3, 0.4) is 0 Å². The normalized spacial score (nSPS) is 14.4. The summed E-state index contributed by atoms with van der Waals surface area (Å²) in [4.78, 5) is 1.75. The maximum absolute atomic E-state index is 13.3. The monoisotopic (exact) mass is 365 g/mol. The number of nitrogens with zero attached hydrogens (tertiary/aromatic N) is 1. The van der Waals surface area contributed by atoms with Crippen molar-refractivity contribution in [1.82, 2.24) is 4.90 Å². The molecule has 0 bridgehead atoms. The highest BCUT2D eigenvalue weighted by molar-refractivity contribution is 5.17. The molecule has 2 rings (SSSR count). The van der Waals surface area contributed by atoms with Crippen molar-refractivity contribution in [3.05, 3.63) is 71.8 Å². The standard InChI is InChI=1S/C21H26F3NO/c1-2-3-14-19(20(26)21(22,23)24)25(15-17-10-6-4-7-11-17)16-18-12-8-5-9-13-18/h4-13,19-20,26H,2-3,14-16H2,1H3/t19-,20+/m1/s1. The highest BCUT2D eigenvalue weighted by atomic mass is 19.4. The number of unbranched alkanes of at least 4 members (excludes halogenated alkanes) is 1. The number of alkyl halides is 3. The van der Waals surface area contributed by atoms with Crippen molar-refractivity contribution in [3.63, 3.8) is 0 Å². The molecular formula is C21H26F3NO. The maximum Gasteiger partial charge on any atom is 0.415 e. The molecule has 0 heterocycles. The molecule has 2 atom stereocenters. The van der Waals surface area contributed by atoms with Crippen molar-refractivity contribution < 1.29 is 18.3 Å². The molecule has 0 fully saturated rings. The summed E-state index contributed by atoms with van der Waals surface area (Å²) >= 11 is 0. The van der Waals surface area contributed by atoms with Gasteiger partial charge in [0.1, 0.15) is 0 Å². The van der Waals surface area contributed by atoms with Gasteiger partial charge in [0.05, 0.1) is 0 Å². The van der Waals surface area contributed by atoms with E-state index in [0.717, 1.165) is 17.5 Å². The second-order valence-corrected chi connectivity index (χ2v) is 6.57. The van der Waals surface area contributed by atoms with E-state index in [-0.39, 0.29) is 0 Å². The Morgan fingerprint density at radius 1 is 0.885 bits per heavy atom. The molecule has 0 amide bonds. The molecule has 0 radical (unpaired) electrons. The SMILES string of the molecule is CCCC[C@H]([C@H](O)C(F)(F)F)N(Cc1ccccc1)Cc1ccccc1. The minimum absolute atomic E-state index is 0.302. The Hall–Kier alpha value is -1.85. The zero-order chi connectivity index (χ0) is 19.0. The van der Waals surface area contributed by atoms with E-state index in [1.165, 1.54) is 0 Å². The van der Waals surface area contributed by atoms with E-state index in [0.29, 0.717) is 25.9 Å². The van der Waals surface area contributed by atoms with Gasteiger partial charge in [0.25, 0.3) is 0 Å². The van der Waals surface area contributed by atoms with Gasteiger partial charge in [0, 0.05) is 19.1 Å². The molecule has 0 aliphatic rings. The predicted molar refractivity (Wildman–Crippen MR) is 97.5 cm³/mol. The average Bonchev–Trinajstić information content (AvgIpc) is 2.62. The molecule has 26 heavy (non-hydrogen) atoms. The average molecular weight is 365 g/mol. The summed E-state index contributed by atoms with van der Waals surface area (Å²) in [6, 6.07) is 17.9. The van der Waals surface area contributed by atoms with E-state index >= 15 is 0 Å². The zero-order valence-electron chi connectivity index (χ0n) is 15.0. The third-order valence-electron chi connectivity index (χ3n) is 4.48. The topological polar surface area (TPSA) is 23.5 Å². The summed E-state index contributed by atoms with van der Waals surface area (Å²) in [5, 5.41) is 10.0. The Bertz CT molecular complexity index is 589. The fraction of sp³-hybridized carbons (Fsp3) is 0.429. The predicted octanol–water partition coefficient (Wildman–Crippen LogP) is 5.17. The maximum atomic E-state index is 13.3. The zero-order valence-corrected chi connectivity index (χ0v) is 15.0. The number of benzene rings is 2. The Labute approximate surface area is 153 Å². The molecule has 0 aliphatic heterocycles. The van der Waals surface area contributed by atoms with Crippen LogP contribution >= 0.6 is 0 Å². The lowest BCUT2D eigenvalue weighted by Gasteiger charge is -2.36. The molecule has 0 aromatic heterocycles. The molecular weight excluding hydrogens is 339 g/mol. The fourth-order valence-electron chi connectivity index (χ4n) is 3.10. The van der Waals surface area contributed by atoms with Gasteiger partial charge in [-0.1, -0.05) is 80.4 Å². The largest absolute Gasteiger partial charge is 0.415 e. The van der Waals surface area contributed by atoms with Crippen molar-refractivity contribution >= 4 is 0 Å². The van der Waals surface area contributed by atoms with Crippen molar-refractivity contribution in [1.29, 1.82) is 0 Å². The van der Waals surface area contributed by atoms with Crippen LogP contribution in [0.25, 0.3) is 0 Å². The lowest BCUT2D eigenvalue weighted by atomic mass is 9.99. The van der Waals surface area contributed by atoms with Crippen LogP contribution in [0, 0.1) is 0 Å². The van der Waals surface area contributed by atoms with Crippen molar-refractivity contribution in [3.8, 4) is 0 Å². The highest BCUT2D eigenvalue weighted by Crippen LogP contribution is 2.29. The van der Waals surface area contributed by atoms with E-state index in [1.807, 2.05) is 67.6 Å². The first kappa shape index (κ1) is 20.5. The third kappa shape index (κ3) is 6.15. The second-order valence-electron chi connectivity index (χ2n) is 6.57. The first-order valence-electron chi connectivity index (χ1n) is 8.98. The lowest BCUT2D eigenvalue weighted by Crippen LogP contribution is -2.49. The van der Waals surface area contributed by atoms with Gasteiger partial charge in [-0.25, -0.2) is 0 Å². The van der Waals surface area contributed by atoms with Crippen LogP contribution < -0.4 is 0 Å². The van der Waals surface area contributed by atoms with Crippen LogP contribution in [0.5, 0.6) is 0 Å². The Balaban J connectivity index is 2.30. The Kier molecular flexibility index (Phi) is 7.66. The van der Waals surface area contributed by atoms with Crippen molar-refractivity contribution in [2.75, 3.05) is 0 Å².